The molecule has 1 heterocycles. The normalized spacial score (nSPS) is 14.5. The lowest BCUT2D eigenvalue weighted by Crippen LogP contribution is -2.44. The van der Waals surface area contributed by atoms with Crippen LogP contribution in [-0.2, 0) is 10.3 Å². The topological polar surface area (TPSA) is 47.8 Å². The van der Waals surface area contributed by atoms with E-state index in [4.69, 9.17) is 0 Å². The Labute approximate surface area is 141 Å². The molecule has 4 nitrogen and oxygen atoms in total. The van der Waals surface area contributed by atoms with E-state index in [2.05, 4.69) is 30.0 Å². The van der Waals surface area contributed by atoms with Crippen LogP contribution in [0.3, 0.4) is 0 Å². The largest absolute Gasteiger partial charge is 0.300 e. The van der Waals surface area contributed by atoms with E-state index in [0.717, 1.165) is 22.9 Å². The van der Waals surface area contributed by atoms with Crippen molar-refractivity contribution in [3.8, 4) is 0 Å². The van der Waals surface area contributed by atoms with Crippen LogP contribution in [0.15, 0.2) is 48.5 Å². The molecule has 1 unspecified atom stereocenters. The summed E-state index contributed by atoms with van der Waals surface area (Å²) in [5, 5.41) is 8.49. The van der Waals surface area contributed by atoms with Crippen LogP contribution < -0.4 is 0 Å². The zero-order chi connectivity index (χ0) is 17.4. The lowest BCUT2D eigenvalue weighted by molar-refractivity contribution is -0.113. The number of para-hydroxylation sites is 1. The molecule has 0 aliphatic carbocycles. The maximum atomic E-state index is 13.4. The summed E-state index contributed by atoms with van der Waals surface area (Å²) in [7, 11) is -1.67. The first kappa shape index (κ1) is 16.5. The Morgan fingerprint density at radius 2 is 1.79 bits per heavy atom. The van der Waals surface area contributed by atoms with E-state index in [-0.39, 0.29) is 5.82 Å². The van der Waals surface area contributed by atoms with Crippen molar-refractivity contribution in [1.82, 2.24) is 15.0 Å². The third-order valence-corrected chi connectivity index (χ3v) is 5.67. The number of carbonyl (C=O) groups excluding carboxylic acids is 1. The lowest BCUT2D eigenvalue weighted by atomic mass is 9.93. The summed E-state index contributed by atoms with van der Waals surface area (Å²) in [6, 6.07) is 14.3. The van der Waals surface area contributed by atoms with Gasteiger partial charge in [0, 0.05) is 8.07 Å². The van der Waals surface area contributed by atoms with Gasteiger partial charge in [0.25, 0.3) is 0 Å². The lowest BCUT2D eigenvalue weighted by Gasteiger charge is -2.34. The fraction of sp³-hybridized carbons (Fsp3) is 0.278. The summed E-state index contributed by atoms with van der Waals surface area (Å²) >= 11 is 0. The first-order valence-electron chi connectivity index (χ1n) is 7.89. The number of rotatable bonds is 5. The number of fused-ring (bicyclic) bond motifs is 1. The Hall–Kier alpha value is -2.34. The quantitative estimate of drug-likeness (QED) is 0.523. The fourth-order valence-electron chi connectivity index (χ4n) is 3.17. The van der Waals surface area contributed by atoms with E-state index in [1.54, 1.807) is 16.8 Å². The van der Waals surface area contributed by atoms with E-state index >= 15 is 0 Å². The predicted octanol–water partition coefficient (Wildman–Crippen LogP) is 3.85. The number of aromatic nitrogens is 3. The minimum atomic E-state index is -1.67. The first-order chi connectivity index (χ1) is 11.4. The molecular weight excluding hydrogens is 321 g/mol. The van der Waals surface area contributed by atoms with Crippen molar-refractivity contribution in [2.75, 3.05) is 0 Å². The molecule has 1 atom stereocenters. The minimum absolute atomic E-state index is 0.324. The predicted molar refractivity (Wildman–Crippen MR) is 95.2 cm³/mol. The van der Waals surface area contributed by atoms with Crippen molar-refractivity contribution in [2.45, 2.75) is 31.2 Å². The molecule has 0 bridgehead atoms. The van der Waals surface area contributed by atoms with Gasteiger partial charge in [-0.3, -0.25) is 0 Å². The molecule has 24 heavy (non-hydrogen) atoms. The van der Waals surface area contributed by atoms with E-state index in [9.17, 15) is 9.18 Å². The van der Waals surface area contributed by atoms with Crippen molar-refractivity contribution in [1.29, 1.82) is 0 Å². The van der Waals surface area contributed by atoms with Crippen LogP contribution in [0.5, 0.6) is 0 Å². The van der Waals surface area contributed by atoms with Crippen LogP contribution in [0.1, 0.15) is 5.56 Å². The molecule has 3 rings (SSSR count). The molecule has 0 N–H and O–H groups in total. The minimum Gasteiger partial charge on any atom is -0.300 e. The second-order valence-electron chi connectivity index (χ2n) is 7.28. The summed E-state index contributed by atoms with van der Waals surface area (Å²) in [5.74, 6) is -0.324. The Morgan fingerprint density at radius 1 is 1.12 bits per heavy atom. The van der Waals surface area contributed by atoms with E-state index in [0.29, 0.717) is 6.04 Å². The Kier molecular flexibility index (Phi) is 4.09. The van der Waals surface area contributed by atoms with Gasteiger partial charge in [0.05, 0.1) is 5.52 Å². The highest BCUT2D eigenvalue weighted by Crippen LogP contribution is 2.35. The number of halogens is 1. The molecule has 0 aliphatic heterocycles. The number of hydrogen-bond acceptors (Lipinski definition) is 3. The maximum absolute atomic E-state index is 13.4. The number of benzene rings is 2. The van der Waals surface area contributed by atoms with E-state index in [1.807, 2.05) is 24.3 Å². The van der Waals surface area contributed by atoms with Gasteiger partial charge in [-0.05, 0) is 35.9 Å². The molecule has 0 fully saturated rings. The van der Waals surface area contributed by atoms with Crippen LogP contribution in [-0.4, -0.2) is 29.4 Å². The molecule has 0 saturated carbocycles. The Balaban J connectivity index is 2.28. The third kappa shape index (κ3) is 2.89. The highest BCUT2D eigenvalue weighted by Gasteiger charge is 2.41. The van der Waals surface area contributed by atoms with Crippen LogP contribution in [0.4, 0.5) is 4.39 Å². The second-order valence-corrected chi connectivity index (χ2v) is 12.8. The monoisotopic (exact) mass is 341 g/mol. The average molecular weight is 341 g/mol. The van der Waals surface area contributed by atoms with Gasteiger partial charge in [-0.25, -0.2) is 9.07 Å². The van der Waals surface area contributed by atoms with Crippen molar-refractivity contribution in [3.05, 3.63) is 59.9 Å². The first-order valence-corrected chi connectivity index (χ1v) is 11.6. The molecule has 0 spiro atoms. The van der Waals surface area contributed by atoms with Gasteiger partial charge in [-0.1, -0.05) is 49.1 Å². The van der Waals surface area contributed by atoms with Gasteiger partial charge in [-0.2, -0.15) is 0 Å². The van der Waals surface area contributed by atoms with Gasteiger partial charge in [-0.15, -0.1) is 5.10 Å². The number of nitrogens with zero attached hydrogens (tertiary/aromatic N) is 3. The SMILES string of the molecule is C[Si](C)(C)CC(C=O)(c1ccc(F)cc1)n1nnc2ccccc21. The van der Waals surface area contributed by atoms with E-state index < -0.39 is 13.6 Å². The number of hydrogen-bond donors (Lipinski definition) is 0. The van der Waals surface area contributed by atoms with E-state index in [1.165, 1.54) is 12.1 Å². The second kappa shape index (κ2) is 5.94. The van der Waals surface area contributed by atoms with Crippen molar-refractivity contribution >= 4 is 25.4 Å². The van der Waals surface area contributed by atoms with Gasteiger partial charge in [0.1, 0.15) is 16.9 Å². The highest BCUT2D eigenvalue weighted by atomic mass is 28.3. The van der Waals surface area contributed by atoms with Crippen molar-refractivity contribution in [3.63, 3.8) is 0 Å². The van der Waals surface area contributed by atoms with Crippen LogP contribution >= 0.6 is 0 Å². The molecule has 0 radical (unpaired) electrons. The molecule has 0 saturated heterocycles. The summed E-state index contributed by atoms with van der Waals surface area (Å²) in [6.45, 7) is 6.61. The molecule has 124 valence electrons. The smallest absolute Gasteiger partial charge is 0.151 e. The highest BCUT2D eigenvalue weighted by molar-refractivity contribution is 6.76. The molecule has 1 aromatic heterocycles. The maximum Gasteiger partial charge on any atom is 0.151 e. The van der Waals surface area contributed by atoms with Gasteiger partial charge in [0.2, 0.25) is 0 Å². The average Bonchev–Trinajstić information content (AvgIpc) is 2.97. The standard InChI is InChI=1S/C18H20FN3OSi/c1-24(2,3)13-18(12-23,14-8-10-15(19)11-9-14)22-17-7-5-4-6-16(17)20-21-22/h4-12H,13H2,1-3H3. The molecule has 3 aromatic rings. The zero-order valence-corrected chi connectivity index (χ0v) is 15.0. The Morgan fingerprint density at radius 3 is 2.42 bits per heavy atom. The van der Waals surface area contributed by atoms with Crippen molar-refractivity contribution < 1.29 is 9.18 Å². The molecule has 0 amide bonds. The van der Waals surface area contributed by atoms with Crippen LogP contribution in [0.2, 0.25) is 25.7 Å². The number of aldehydes is 1. The van der Waals surface area contributed by atoms with Gasteiger partial charge in [0.15, 0.2) is 6.29 Å². The van der Waals surface area contributed by atoms with Gasteiger partial charge >= 0.3 is 0 Å². The summed E-state index contributed by atoms with van der Waals surface area (Å²) < 4.78 is 15.1. The Bertz CT molecular complexity index is 870. The van der Waals surface area contributed by atoms with Crippen LogP contribution in [0.25, 0.3) is 11.0 Å². The molecule has 2 aromatic carbocycles. The summed E-state index contributed by atoms with van der Waals surface area (Å²) in [4.78, 5) is 12.4. The summed E-state index contributed by atoms with van der Waals surface area (Å²) in [5.41, 5.74) is 1.29. The summed E-state index contributed by atoms with van der Waals surface area (Å²) in [6.07, 6.45) is 0.930. The fourth-order valence-corrected chi connectivity index (χ4v) is 5.22. The third-order valence-electron chi connectivity index (χ3n) is 4.07. The zero-order valence-electron chi connectivity index (χ0n) is 14.0. The molecule has 6 heteroatoms. The van der Waals surface area contributed by atoms with Crippen molar-refractivity contribution in [2.24, 2.45) is 0 Å². The molecule has 0 aliphatic rings. The van der Waals surface area contributed by atoms with Gasteiger partial charge < -0.3 is 4.79 Å². The molecular formula is C18H20FN3OSi. The number of carbonyl (C=O) groups is 1. The van der Waals surface area contributed by atoms with Crippen LogP contribution in [0, 0.1) is 5.82 Å².